The van der Waals surface area contributed by atoms with Crippen LogP contribution in [-0.4, -0.2) is 12.7 Å². The largest absolute Gasteiger partial charge is 0.416 e. The summed E-state index contributed by atoms with van der Waals surface area (Å²) in [5.74, 6) is -1.97. The van der Waals surface area contributed by atoms with Crippen LogP contribution in [0.5, 0.6) is 0 Å². The summed E-state index contributed by atoms with van der Waals surface area (Å²) in [5, 5.41) is 0. The standard InChI is InChI=1S/C11H11F6N/c12-10(13,14)8-3-1-2-7(6-8)9(4-5-18)11(15,16)17/h1-3,6,9H,4-5,18H2. The van der Waals surface area contributed by atoms with Crippen LogP contribution in [0.15, 0.2) is 24.3 Å². The number of alkyl halides is 6. The molecule has 0 spiro atoms. The molecule has 0 aliphatic carbocycles. The second-order valence-corrected chi connectivity index (χ2v) is 3.79. The summed E-state index contributed by atoms with van der Waals surface area (Å²) in [6, 6.07) is 3.25. The van der Waals surface area contributed by atoms with E-state index in [9.17, 15) is 26.3 Å². The van der Waals surface area contributed by atoms with Crippen LogP contribution in [0.25, 0.3) is 0 Å². The van der Waals surface area contributed by atoms with E-state index in [1.807, 2.05) is 0 Å². The van der Waals surface area contributed by atoms with Gasteiger partial charge in [0.15, 0.2) is 0 Å². The van der Waals surface area contributed by atoms with Crippen LogP contribution in [0, 0.1) is 0 Å². The Kier molecular flexibility index (Phi) is 4.26. The van der Waals surface area contributed by atoms with Crippen molar-refractivity contribution in [2.75, 3.05) is 6.54 Å². The molecule has 1 unspecified atom stereocenters. The lowest BCUT2D eigenvalue weighted by molar-refractivity contribution is -0.152. The lowest BCUT2D eigenvalue weighted by Crippen LogP contribution is -2.24. The van der Waals surface area contributed by atoms with Crippen molar-refractivity contribution in [2.45, 2.75) is 24.7 Å². The quantitative estimate of drug-likeness (QED) is 0.833. The highest BCUT2D eigenvalue weighted by molar-refractivity contribution is 5.29. The topological polar surface area (TPSA) is 26.0 Å². The van der Waals surface area contributed by atoms with E-state index in [0.717, 1.165) is 18.2 Å². The van der Waals surface area contributed by atoms with Gasteiger partial charge in [-0.3, -0.25) is 0 Å². The number of hydrogen-bond donors (Lipinski definition) is 1. The molecular formula is C11H11F6N. The van der Waals surface area contributed by atoms with Crippen molar-refractivity contribution in [3.05, 3.63) is 35.4 Å². The van der Waals surface area contributed by atoms with Gasteiger partial charge in [0.2, 0.25) is 0 Å². The summed E-state index contributed by atoms with van der Waals surface area (Å²) in [4.78, 5) is 0. The highest BCUT2D eigenvalue weighted by Crippen LogP contribution is 2.39. The Bertz CT molecular complexity index is 395. The first kappa shape index (κ1) is 14.8. The molecule has 0 aromatic heterocycles. The van der Waals surface area contributed by atoms with Gasteiger partial charge in [0, 0.05) is 0 Å². The maximum Gasteiger partial charge on any atom is 0.416 e. The lowest BCUT2D eigenvalue weighted by Gasteiger charge is -2.21. The predicted octanol–water partition coefficient (Wildman–Crippen LogP) is 3.70. The first-order chi connectivity index (χ1) is 8.16. The van der Waals surface area contributed by atoms with Gasteiger partial charge in [-0.2, -0.15) is 26.3 Å². The molecule has 0 bridgehead atoms. The maximum atomic E-state index is 12.7. The zero-order chi connectivity index (χ0) is 14.0. The van der Waals surface area contributed by atoms with Gasteiger partial charge >= 0.3 is 12.4 Å². The van der Waals surface area contributed by atoms with Crippen LogP contribution in [0.1, 0.15) is 23.5 Å². The Hall–Kier alpha value is -1.24. The highest BCUT2D eigenvalue weighted by atomic mass is 19.4. The minimum Gasteiger partial charge on any atom is -0.330 e. The van der Waals surface area contributed by atoms with Crippen molar-refractivity contribution in [3.8, 4) is 0 Å². The second-order valence-electron chi connectivity index (χ2n) is 3.79. The molecule has 0 radical (unpaired) electrons. The number of halogens is 6. The first-order valence-corrected chi connectivity index (χ1v) is 5.10. The monoisotopic (exact) mass is 271 g/mol. The number of benzene rings is 1. The molecular weight excluding hydrogens is 260 g/mol. The Labute approximate surface area is 99.6 Å². The molecule has 1 rings (SSSR count). The van der Waals surface area contributed by atoms with Gasteiger partial charge in [-0.1, -0.05) is 18.2 Å². The van der Waals surface area contributed by atoms with E-state index in [0.29, 0.717) is 6.07 Å². The molecule has 0 saturated heterocycles. The van der Waals surface area contributed by atoms with Crippen molar-refractivity contribution in [1.29, 1.82) is 0 Å². The fourth-order valence-electron chi connectivity index (χ4n) is 1.62. The molecule has 2 N–H and O–H groups in total. The van der Waals surface area contributed by atoms with E-state index >= 15 is 0 Å². The molecule has 0 saturated carbocycles. The fraction of sp³-hybridized carbons (Fsp3) is 0.455. The van der Waals surface area contributed by atoms with Gasteiger partial charge in [0.1, 0.15) is 0 Å². The Morgan fingerprint density at radius 2 is 1.67 bits per heavy atom. The SMILES string of the molecule is NCCC(c1cccc(C(F)(F)F)c1)C(F)(F)F. The van der Waals surface area contributed by atoms with E-state index in [1.165, 1.54) is 0 Å². The summed E-state index contributed by atoms with van der Waals surface area (Å²) in [6.07, 6.45) is -9.71. The van der Waals surface area contributed by atoms with Crippen molar-refractivity contribution in [3.63, 3.8) is 0 Å². The molecule has 1 aromatic carbocycles. The molecule has 1 nitrogen and oxygen atoms in total. The summed E-state index contributed by atoms with van der Waals surface area (Å²) in [5.41, 5.74) is 3.56. The summed E-state index contributed by atoms with van der Waals surface area (Å²) >= 11 is 0. The van der Waals surface area contributed by atoms with Gasteiger partial charge in [0.25, 0.3) is 0 Å². The third kappa shape index (κ3) is 3.63. The van der Waals surface area contributed by atoms with Gasteiger partial charge in [-0.15, -0.1) is 0 Å². The Morgan fingerprint density at radius 3 is 2.11 bits per heavy atom. The zero-order valence-electron chi connectivity index (χ0n) is 9.15. The van der Waals surface area contributed by atoms with E-state index in [-0.39, 0.29) is 6.54 Å². The molecule has 0 aliphatic heterocycles. The second kappa shape index (κ2) is 5.17. The van der Waals surface area contributed by atoms with Crippen molar-refractivity contribution in [1.82, 2.24) is 0 Å². The number of nitrogens with two attached hydrogens (primary N) is 1. The van der Waals surface area contributed by atoms with Crippen LogP contribution < -0.4 is 5.73 Å². The van der Waals surface area contributed by atoms with E-state index in [1.54, 1.807) is 0 Å². The van der Waals surface area contributed by atoms with Crippen LogP contribution >= 0.6 is 0 Å². The third-order valence-corrected chi connectivity index (χ3v) is 2.47. The molecule has 0 heterocycles. The molecule has 102 valence electrons. The average Bonchev–Trinajstić information content (AvgIpc) is 2.23. The molecule has 18 heavy (non-hydrogen) atoms. The van der Waals surface area contributed by atoms with Gasteiger partial charge in [-0.25, -0.2) is 0 Å². The maximum absolute atomic E-state index is 12.7. The first-order valence-electron chi connectivity index (χ1n) is 5.10. The molecule has 0 amide bonds. The van der Waals surface area contributed by atoms with Crippen molar-refractivity contribution in [2.24, 2.45) is 5.73 Å². The molecule has 0 fully saturated rings. The van der Waals surface area contributed by atoms with Crippen LogP contribution in [-0.2, 0) is 6.18 Å². The van der Waals surface area contributed by atoms with Crippen LogP contribution in [0.3, 0.4) is 0 Å². The normalized spacial score (nSPS) is 14.6. The van der Waals surface area contributed by atoms with Crippen molar-refractivity contribution >= 4 is 0 Å². The molecule has 1 atom stereocenters. The summed E-state index contributed by atoms with van der Waals surface area (Å²) in [6.45, 7) is -0.250. The number of hydrogen-bond acceptors (Lipinski definition) is 1. The smallest absolute Gasteiger partial charge is 0.330 e. The Balaban J connectivity index is 3.14. The molecule has 7 heteroatoms. The van der Waals surface area contributed by atoms with E-state index in [2.05, 4.69) is 0 Å². The molecule has 1 aromatic rings. The predicted molar refractivity (Wildman–Crippen MR) is 53.9 cm³/mol. The highest BCUT2D eigenvalue weighted by Gasteiger charge is 2.41. The minimum absolute atomic E-state index is 0.250. The Morgan fingerprint density at radius 1 is 1.06 bits per heavy atom. The van der Waals surface area contributed by atoms with Gasteiger partial charge < -0.3 is 5.73 Å². The zero-order valence-corrected chi connectivity index (χ0v) is 9.15. The van der Waals surface area contributed by atoms with Crippen LogP contribution in [0.2, 0.25) is 0 Å². The minimum atomic E-state index is -4.66. The third-order valence-electron chi connectivity index (χ3n) is 2.47. The fourth-order valence-corrected chi connectivity index (χ4v) is 1.62. The lowest BCUT2D eigenvalue weighted by atomic mass is 9.93. The average molecular weight is 271 g/mol. The summed E-state index contributed by atoms with van der Waals surface area (Å²) in [7, 11) is 0. The van der Waals surface area contributed by atoms with Gasteiger partial charge in [-0.05, 0) is 24.6 Å². The van der Waals surface area contributed by atoms with Gasteiger partial charge in [0.05, 0.1) is 11.5 Å². The van der Waals surface area contributed by atoms with Crippen LogP contribution in [0.4, 0.5) is 26.3 Å². The molecule has 0 aliphatic rings. The van der Waals surface area contributed by atoms with Crippen molar-refractivity contribution < 1.29 is 26.3 Å². The summed E-state index contributed by atoms with van der Waals surface area (Å²) < 4.78 is 75.3. The van der Waals surface area contributed by atoms with E-state index < -0.39 is 35.8 Å². The number of rotatable bonds is 3. The van der Waals surface area contributed by atoms with E-state index in [4.69, 9.17) is 5.73 Å².